The number of hydrogen-bond acceptors (Lipinski definition) is 4. The highest BCUT2D eigenvalue weighted by Gasteiger charge is 2.10. The van der Waals surface area contributed by atoms with Gasteiger partial charge in [-0.3, -0.25) is 10.1 Å². The zero-order valence-corrected chi connectivity index (χ0v) is 13.6. The van der Waals surface area contributed by atoms with Gasteiger partial charge in [0, 0.05) is 5.56 Å². The van der Waals surface area contributed by atoms with Gasteiger partial charge in [-0.1, -0.05) is 0 Å². The van der Waals surface area contributed by atoms with Crippen LogP contribution in [-0.2, 0) is 6.54 Å². The number of ether oxygens (including phenoxy) is 1. The summed E-state index contributed by atoms with van der Waals surface area (Å²) in [4.78, 5) is 12.0. The average molecular weight is 369 g/mol. The highest BCUT2D eigenvalue weighted by atomic mass is 79.9. The van der Waals surface area contributed by atoms with E-state index < -0.39 is 0 Å². The third-order valence-corrected chi connectivity index (χ3v) is 3.51. The third-order valence-electron chi connectivity index (χ3n) is 2.64. The summed E-state index contributed by atoms with van der Waals surface area (Å²) in [6.07, 6.45) is 1.58. The molecular formula is C14H13BrN2O3S. The number of carbonyl (C=O) groups excluding carboxylic acids is 1. The van der Waals surface area contributed by atoms with Gasteiger partial charge < -0.3 is 14.5 Å². The van der Waals surface area contributed by atoms with Crippen molar-refractivity contribution in [2.45, 2.75) is 6.54 Å². The molecule has 0 saturated heterocycles. The Hall–Kier alpha value is -1.86. The van der Waals surface area contributed by atoms with Crippen molar-refractivity contribution in [1.82, 2.24) is 10.6 Å². The van der Waals surface area contributed by atoms with Crippen LogP contribution in [0.1, 0.15) is 16.1 Å². The van der Waals surface area contributed by atoms with Gasteiger partial charge >= 0.3 is 0 Å². The van der Waals surface area contributed by atoms with Crippen LogP contribution in [0.15, 0.2) is 45.5 Å². The first-order valence-electron chi connectivity index (χ1n) is 6.05. The smallest absolute Gasteiger partial charge is 0.257 e. The van der Waals surface area contributed by atoms with Gasteiger partial charge in [-0.25, -0.2) is 0 Å². The van der Waals surface area contributed by atoms with Crippen LogP contribution in [-0.4, -0.2) is 18.1 Å². The van der Waals surface area contributed by atoms with E-state index in [2.05, 4.69) is 26.6 Å². The lowest BCUT2D eigenvalue weighted by Crippen LogP contribution is -2.38. The van der Waals surface area contributed by atoms with Crippen LogP contribution < -0.4 is 15.4 Å². The molecule has 0 fully saturated rings. The monoisotopic (exact) mass is 368 g/mol. The van der Waals surface area contributed by atoms with Crippen molar-refractivity contribution in [2.75, 3.05) is 7.11 Å². The molecule has 2 rings (SSSR count). The lowest BCUT2D eigenvalue weighted by molar-refractivity contribution is 0.0976. The van der Waals surface area contributed by atoms with Crippen molar-refractivity contribution >= 4 is 39.2 Å². The van der Waals surface area contributed by atoms with Crippen LogP contribution in [0.4, 0.5) is 0 Å². The fourth-order valence-electron chi connectivity index (χ4n) is 1.61. The van der Waals surface area contributed by atoms with Crippen molar-refractivity contribution in [1.29, 1.82) is 0 Å². The summed E-state index contributed by atoms with van der Waals surface area (Å²) in [5.74, 6) is 1.10. The average Bonchev–Trinajstić information content (AvgIpc) is 2.98. The van der Waals surface area contributed by atoms with Crippen LogP contribution in [0.3, 0.4) is 0 Å². The summed E-state index contributed by atoms with van der Waals surface area (Å²) < 4.78 is 11.0. The maximum Gasteiger partial charge on any atom is 0.257 e. The van der Waals surface area contributed by atoms with Gasteiger partial charge in [0.05, 0.1) is 24.4 Å². The van der Waals surface area contributed by atoms with Gasteiger partial charge in [-0.15, -0.1) is 0 Å². The molecule has 5 nitrogen and oxygen atoms in total. The number of amides is 1. The number of furan rings is 1. The summed E-state index contributed by atoms with van der Waals surface area (Å²) in [7, 11) is 1.56. The fraction of sp³-hybridized carbons (Fsp3) is 0.143. The van der Waals surface area contributed by atoms with Crippen LogP contribution in [0.2, 0.25) is 0 Å². The second kappa shape index (κ2) is 7.24. The molecule has 0 bridgehead atoms. The Morgan fingerprint density at radius 3 is 2.86 bits per heavy atom. The van der Waals surface area contributed by atoms with Crippen LogP contribution in [0.25, 0.3) is 0 Å². The summed E-state index contributed by atoms with van der Waals surface area (Å²) in [5.41, 5.74) is 0.477. The predicted molar refractivity (Wildman–Crippen MR) is 86.3 cm³/mol. The second-order valence-electron chi connectivity index (χ2n) is 4.07. The molecule has 0 aliphatic heterocycles. The van der Waals surface area contributed by atoms with E-state index in [9.17, 15) is 4.79 Å². The molecule has 110 valence electrons. The lowest BCUT2D eigenvalue weighted by Gasteiger charge is -2.09. The van der Waals surface area contributed by atoms with Crippen LogP contribution in [0.5, 0.6) is 5.75 Å². The minimum atomic E-state index is -0.296. The summed E-state index contributed by atoms with van der Waals surface area (Å²) >= 11 is 8.40. The van der Waals surface area contributed by atoms with Crippen LogP contribution in [0, 0.1) is 0 Å². The molecule has 0 aliphatic carbocycles. The van der Waals surface area contributed by atoms with E-state index in [1.807, 2.05) is 6.07 Å². The first kappa shape index (κ1) is 15.5. The molecule has 1 aromatic carbocycles. The molecular weight excluding hydrogens is 356 g/mol. The standard InChI is InChI=1S/C14H13BrN2O3S/c1-19-12-5-4-9(7-11(12)15)13(18)17-14(21)16-8-10-3-2-6-20-10/h2-7H,8H2,1H3,(H2,16,17,18,21). The molecule has 0 spiro atoms. The first-order valence-corrected chi connectivity index (χ1v) is 7.25. The Balaban J connectivity index is 1.91. The molecule has 0 unspecified atom stereocenters. The molecule has 21 heavy (non-hydrogen) atoms. The normalized spacial score (nSPS) is 10.0. The minimum Gasteiger partial charge on any atom is -0.496 e. The van der Waals surface area contributed by atoms with Crippen molar-refractivity contribution in [3.8, 4) is 5.75 Å². The number of hydrogen-bond donors (Lipinski definition) is 2. The third kappa shape index (κ3) is 4.30. The molecule has 0 aliphatic rings. The molecule has 0 radical (unpaired) electrons. The van der Waals surface area contributed by atoms with Crippen molar-refractivity contribution in [3.05, 3.63) is 52.4 Å². The number of halogens is 1. The molecule has 1 heterocycles. The van der Waals surface area contributed by atoms with Crippen molar-refractivity contribution < 1.29 is 13.9 Å². The first-order chi connectivity index (χ1) is 10.1. The number of rotatable bonds is 4. The quantitative estimate of drug-likeness (QED) is 0.812. The van der Waals surface area contributed by atoms with Gasteiger partial charge in [0.1, 0.15) is 11.5 Å². The van der Waals surface area contributed by atoms with E-state index >= 15 is 0 Å². The molecule has 0 saturated carbocycles. The van der Waals surface area contributed by atoms with Gasteiger partial charge in [0.15, 0.2) is 5.11 Å². The molecule has 1 amide bonds. The van der Waals surface area contributed by atoms with E-state index in [0.29, 0.717) is 22.3 Å². The Morgan fingerprint density at radius 1 is 1.43 bits per heavy atom. The molecule has 2 N–H and O–H groups in total. The van der Waals surface area contributed by atoms with E-state index in [-0.39, 0.29) is 11.0 Å². The predicted octanol–water partition coefficient (Wildman–Crippen LogP) is 2.86. The Morgan fingerprint density at radius 2 is 2.24 bits per heavy atom. The summed E-state index contributed by atoms with van der Waals surface area (Å²) in [6.45, 7) is 0.415. The van der Waals surface area contributed by atoms with Crippen molar-refractivity contribution in [3.63, 3.8) is 0 Å². The maximum atomic E-state index is 12.0. The molecule has 7 heteroatoms. The summed E-state index contributed by atoms with van der Waals surface area (Å²) in [6, 6.07) is 8.64. The molecule has 1 aromatic heterocycles. The zero-order chi connectivity index (χ0) is 15.2. The second-order valence-corrected chi connectivity index (χ2v) is 5.33. The highest BCUT2D eigenvalue weighted by Crippen LogP contribution is 2.25. The molecule has 0 atom stereocenters. The van der Waals surface area contributed by atoms with Crippen molar-refractivity contribution in [2.24, 2.45) is 0 Å². The number of carbonyl (C=O) groups is 1. The Kier molecular flexibility index (Phi) is 5.35. The highest BCUT2D eigenvalue weighted by molar-refractivity contribution is 9.10. The van der Waals surface area contributed by atoms with E-state index in [1.165, 1.54) is 0 Å². The van der Waals surface area contributed by atoms with Gasteiger partial charge in [0.25, 0.3) is 5.91 Å². The van der Waals surface area contributed by atoms with E-state index in [4.69, 9.17) is 21.4 Å². The maximum absolute atomic E-state index is 12.0. The Labute approximate surface area is 135 Å². The zero-order valence-electron chi connectivity index (χ0n) is 11.2. The largest absolute Gasteiger partial charge is 0.496 e. The lowest BCUT2D eigenvalue weighted by atomic mass is 10.2. The molecule has 2 aromatic rings. The van der Waals surface area contributed by atoms with Crippen LogP contribution >= 0.6 is 28.1 Å². The summed E-state index contributed by atoms with van der Waals surface area (Å²) in [5, 5.41) is 5.73. The van der Waals surface area contributed by atoms with E-state index in [0.717, 1.165) is 5.76 Å². The van der Waals surface area contributed by atoms with Gasteiger partial charge in [0.2, 0.25) is 0 Å². The number of methoxy groups -OCH3 is 1. The van der Waals surface area contributed by atoms with E-state index in [1.54, 1.807) is 37.6 Å². The topological polar surface area (TPSA) is 63.5 Å². The SMILES string of the molecule is COc1ccc(C(=O)NC(=S)NCc2ccco2)cc1Br. The minimum absolute atomic E-state index is 0.239. The number of benzene rings is 1. The van der Waals surface area contributed by atoms with Gasteiger partial charge in [-0.2, -0.15) is 0 Å². The Bertz CT molecular complexity index is 644. The fourth-order valence-corrected chi connectivity index (χ4v) is 2.31. The number of thiocarbonyl (C=S) groups is 1. The number of nitrogens with one attached hydrogen (secondary N) is 2. The van der Waals surface area contributed by atoms with Gasteiger partial charge in [-0.05, 0) is 58.5 Å².